The minimum absolute atomic E-state index is 0.00431. The Morgan fingerprint density at radius 2 is 2.20 bits per heavy atom. The van der Waals surface area contributed by atoms with Crippen molar-refractivity contribution in [2.24, 2.45) is 12.9 Å². The largest absolute Gasteiger partial charge is 0.330 e. The Hall–Kier alpha value is -1.89. The predicted molar refractivity (Wildman–Crippen MR) is 52.9 cm³/mol. The van der Waals surface area contributed by atoms with Gasteiger partial charge in [-0.3, -0.25) is 19.6 Å². The minimum Gasteiger partial charge on any atom is -0.303 e. The van der Waals surface area contributed by atoms with Crippen LogP contribution in [0.4, 0.5) is 0 Å². The van der Waals surface area contributed by atoms with Gasteiger partial charge in [-0.05, 0) is 0 Å². The molecule has 82 valence electrons. The maximum atomic E-state index is 11.5. The zero-order chi connectivity index (χ0) is 11.4. The summed E-state index contributed by atoms with van der Waals surface area (Å²) >= 11 is 0. The highest BCUT2D eigenvalue weighted by Gasteiger charge is 2.05. The van der Waals surface area contributed by atoms with Crippen LogP contribution in [0.25, 0.3) is 0 Å². The van der Waals surface area contributed by atoms with Crippen molar-refractivity contribution in [3.8, 4) is 0 Å². The van der Waals surface area contributed by atoms with E-state index in [9.17, 15) is 14.4 Å². The van der Waals surface area contributed by atoms with Gasteiger partial charge in [0.25, 0.3) is 5.56 Å². The summed E-state index contributed by atoms with van der Waals surface area (Å²) < 4.78 is 2.25. The third kappa shape index (κ3) is 2.53. The fourth-order valence-electron chi connectivity index (χ4n) is 1.11. The van der Waals surface area contributed by atoms with Crippen LogP contribution < -0.4 is 22.5 Å². The van der Waals surface area contributed by atoms with E-state index in [1.54, 1.807) is 0 Å². The molecule has 0 atom stereocenters. The van der Waals surface area contributed by atoms with Crippen molar-refractivity contribution in [3.63, 3.8) is 0 Å². The Bertz CT molecular complexity index is 474. The lowest BCUT2D eigenvalue weighted by molar-refractivity contribution is -0.121. The molecule has 15 heavy (non-hydrogen) atoms. The molecule has 0 fully saturated rings. The molecule has 0 aliphatic heterocycles. The molecular formula is C8H12N4O3. The lowest BCUT2D eigenvalue weighted by Crippen LogP contribution is -2.39. The van der Waals surface area contributed by atoms with Gasteiger partial charge in [0.2, 0.25) is 5.91 Å². The first-order valence-electron chi connectivity index (χ1n) is 4.32. The van der Waals surface area contributed by atoms with E-state index < -0.39 is 17.2 Å². The normalized spacial score (nSPS) is 10.0. The number of nitrogens with zero attached hydrogens (tertiary/aromatic N) is 2. The molecule has 3 N–H and O–H groups in total. The monoisotopic (exact) mass is 212 g/mol. The molecule has 1 amide bonds. The molecule has 0 aromatic carbocycles. The van der Waals surface area contributed by atoms with E-state index in [0.29, 0.717) is 0 Å². The zero-order valence-electron chi connectivity index (χ0n) is 8.27. The highest BCUT2D eigenvalue weighted by molar-refractivity contribution is 5.74. The van der Waals surface area contributed by atoms with Gasteiger partial charge < -0.3 is 4.57 Å². The molecular weight excluding hydrogens is 200 g/mol. The van der Waals surface area contributed by atoms with Gasteiger partial charge in [-0.1, -0.05) is 0 Å². The number of amides is 1. The number of hydrogen-bond donors (Lipinski definition) is 2. The molecule has 0 unspecified atom stereocenters. The van der Waals surface area contributed by atoms with Crippen LogP contribution in [0, 0.1) is 0 Å². The quantitative estimate of drug-likeness (QED) is 0.341. The molecule has 0 saturated heterocycles. The molecule has 1 rings (SSSR count). The van der Waals surface area contributed by atoms with Gasteiger partial charge in [-0.15, -0.1) is 0 Å². The van der Waals surface area contributed by atoms with Crippen LogP contribution in [0.2, 0.25) is 0 Å². The first-order chi connectivity index (χ1) is 7.06. The van der Waals surface area contributed by atoms with Crippen LogP contribution >= 0.6 is 0 Å². The molecule has 0 spiro atoms. The summed E-state index contributed by atoms with van der Waals surface area (Å²) in [6.45, 7) is 0.0232. The SMILES string of the molecule is Cn1ccc(=O)n(CCC(=O)NN)c1=O. The van der Waals surface area contributed by atoms with Crippen molar-refractivity contribution in [2.75, 3.05) is 0 Å². The third-order valence-corrected chi connectivity index (χ3v) is 1.96. The summed E-state index contributed by atoms with van der Waals surface area (Å²) in [7, 11) is 1.53. The van der Waals surface area contributed by atoms with E-state index in [2.05, 4.69) is 0 Å². The summed E-state index contributed by atoms with van der Waals surface area (Å²) in [6, 6.07) is 1.27. The first kappa shape index (κ1) is 11.2. The zero-order valence-corrected chi connectivity index (χ0v) is 8.27. The molecule has 0 saturated carbocycles. The number of aromatic nitrogens is 2. The number of nitrogens with one attached hydrogen (secondary N) is 1. The minimum atomic E-state index is -0.452. The molecule has 0 bridgehead atoms. The topological polar surface area (TPSA) is 99.1 Å². The van der Waals surface area contributed by atoms with Gasteiger partial charge in [-0.25, -0.2) is 10.6 Å². The maximum Gasteiger partial charge on any atom is 0.330 e. The Balaban J connectivity index is 2.95. The van der Waals surface area contributed by atoms with E-state index in [1.165, 1.54) is 23.9 Å². The summed E-state index contributed by atoms with van der Waals surface area (Å²) in [4.78, 5) is 33.6. The second-order valence-electron chi connectivity index (χ2n) is 3.02. The second kappa shape index (κ2) is 4.56. The van der Waals surface area contributed by atoms with Crippen molar-refractivity contribution in [1.29, 1.82) is 0 Å². The smallest absolute Gasteiger partial charge is 0.303 e. The van der Waals surface area contributed by atoms with Crippen LogP contribution in [0.5, 0.6) is 0 Å². The predicted octanol–water partition coefficient (Wildman–Crippen LogP) is -2.07. The van der Waals surface area contributed by atoms with Crippen molar-refractivity contribution in [1.82, 2.24) is 14.6 Å². The molecule has 1 aromatic heterocycles. The fraction of sp³-hybridized carbons (Fsp3) is 0.375. The van der Waals surface area contributed by atoms with Crippen molar-refractivity contribution >= 4 is 5.91 Å². The van der Waals surface area contributed by atoms with E-state index in [4.69, 9.17) is 5.84 Å². The molecule has 0 aliphatic rings. The Morgan fingerprint density at radius 3 is 2.80 bits per heavy atom. The number of hydrazine groups is 1. The Labute approximate surface area is 85.1 Å². The van der Waals surface area contributed by atoms with Gasteiger partial charge in [0.1, 0.15) is 0 Å². The summed E-state index contributed by atoms with van der Waals surface area (Å²) in [5.41, 5.74) is 1.05. The molecule has 1 heterocycles. The number of carbonyl (C=O) groups is 1. The Kier molecular flexibility index (Phi) is 3.40. The number of hydrogen-bond acceptors (Lipinski definition) is 4. The van der Waals surface area contributed by atoms with Crippen LogP contribution in [-0.2, 0) is 18.4 Å². The van der Waals surface area contributed by atoms with E-state index in [0.717, 1.165) is 4.57 Å². The summed E-state index contributed by atoms with van der Waals surface area (Å²) in [5.74, 6) is 4.45. The lowest BCUT2D eigenvalue weighted by Gasteiger charge is -2.05. The summed E-state index contributed by atoms with van der Waals surface area (Å²) in [5, 5.41) is 0. The van der Waals surface area contributed by atoms with Crippen LogP contribution in [-0.4, -0.2) is 15.0 Å². The standard InChI is InChI=1S/C8H12N4O3/c1-11-4-3-7(14)12(8(11)15)5-2-6(13)10-9/h3-4H,2,5,9H2,1H3,(H,10,13). The van der Waals surface area contributed by atoms with E-state index in [-0.39, 0.29) is 13.0 Å². The van der Waals surface area contributed by atoms with E-state index in [1.807, 2.05) is 5.43 Å². The van der Waals surface area contributed by atoms with Crippen molar-refractivity contribution in [2.45, 2.75) is 13.0 Å². The third-order valence-electron chi connectivity index (χ3n) is 1.96. The van der Waals surface area contributed by atoms with Crippen molar-refractivity contribution in [3.05, 3.63) is 33.1 Å². The van der Waals surface area contributed by atoms with Crippen molar-refractivity contribution < 1.29 is 4.79 Å². The Morgan fingerprint density at radius 1 is 1.53 bits per heavy atom. The van der Waals surface area contributed by atoms with Gasteiger partial charge in [0.05, 0.1) is 0 Å². The van der Waals surface area contributed by atoms with Crippen LogP contribution in [0.3, 0.4) is 0 Å². The van der Waals surface area contributed by atoms with Gasteiger partial charge in [-0.2, -0.15) is 0 Å². The van der Waals surface area contributed by atoms with E-state index >= 15 is 0 Å². The maximum absolute atomic E-state index is 11.5. The highest BCUT2D eigenvalue weighted by Crippen LogP contribution is 1.82. The van der Waals surface area contributed by atoms with Crippen LogP contribution in [0.1, 0.15) is 6.42 Å². The molecule has 1 aromatic rings. The molecule has 0 aliphatic carbocycles. The average Bonchev–Trinajstić information content (AvgIpc) is 2.23. The van der Waals surface area contributed by atoms with Gasteiger partial charge >= 0.3 is 5.69 Å². The number of nitrogens with two attached hydrogens (primary N) is 1. The molecule has 7 heteroatoms. The highest BCUT2D eigenvalue weighted by atomic mass is 16.2. The number of aryl methyl sites for hydroxylation is 1. The molecule has 7 nitrogen and oxygen atoms in total. The lowest BCUT2D eigenvalue weighted by atomic mass is 10.4. The average molecular weight is 212 g/mol. The van der Waals surface area contributed by atoms with Gasteiger partial charge in [0, 0.05) is 32.3 Å². The fourth-order valence-corrected chi connectivity index (χ4v) is 1.11. The first-order valence-corrected chi connectivity index (χ1v) is 4.32. The second-order valence-corrected chi connectivity index (χ2v) is 3.02. The molecule has 0 radical (unpaired) electrons. The number of carbonyl (C=O) groups excluding carboxylic acids is 1. The van der Waals surface area contributed by atoms with Crippen LogP contribution in [0.15, 0.2) is 21.9 Å². The number of rotatable bonds is 3. The van der Waals surface area contributed by atoms with Gasteiger partial charge in [0.15, 0.2) is 0 Å². The summed E-state index contributed by atoms with van der Waals surface area (Å²) in [6.07, 6.45) is 1.37.